The van der Waals surface area contributed by atoms with Crippen LogP contribution < -0.4 is 15.4 Å². The van der Waals surface area contributed by atoms with E-state index >= 15 is 8.63 Å². The van der Waals surface area contributed by atoms with Gasteiger partial charge in [0, 0.05) is 86.9 Å². The van der Waals surface area contributed by atoms with Crippen molar-refractivity contribution in [1.29, 1.82) is 0 Å². The normalized spacial score (nSPS) is 16.7. The number of ketones is 2. The van der Waals surface area contributed by atoms with Gasteiger partial charge in [-0.15, -0.1) is 16.4 Å². The summed E-state index contributed by atoms with van der Waals surface area (Å²) >= 11 is 1.45. The van der Waals surface area contributed by atoms with Crippen molar-refractivity contribution in [1.82, 2.24) is 25.1 Å². The van der Waals surface area contributed by atoms with Gasteiger partial charge in [-0.2, -0.15) is 16.8 Å². The monoisotopic (exact) mass is 1330 g/mol. The Balaban J connectivity index is 0.962. The molecule has 3 atom stereocenters. The van der Waals surface area contributed by atoms with Crippen LogP contribution in [0.15, 0.2) is 65.6 Å². The van der Waals surface area contributed by atoms with E-state index in [9.17, 15) is 59.5 Å². The molecule has 1 fully saturated rings. The van der Waals surface area contributed by atoms with E-state index in [4.69, 9.17) is 9.57 Å². The highest BCUT2D eigenvalue weighted by Gasteiger charge is 2.56. The number of Topliss-reactive ketones (excluding diaryl/α,β-unsaturated/α-hetero) is 2. The van der Waals surface area contributed by atoms with Crippen LogP contribution in [0.3, 0.4) is 0 Å². The highest BCUT2D eigenvalue weighted by Crippen LogP contribution is 2.42. The highest BCUT2D eigenvalue weighted by molar-refractivity contribution is 7.86. The first-order chi connectivity index (χ1) is 42.7. The van der Waals surface area contributed by atoms with E-state index in [0.29, 0.717) is 73.1 Å². The number of thiophene rings is 1. The Morgan fingerprint density at radius 1 is 0.747 bits per heavy atom. The summed E-state index contributed by atoms with van der Waals surface area (Å²) in [6.45, 7) is -1.39. The molecule has 91 heavy (non-hydrogen) atoms. The lowest BCUT2D eigenvalue weighted by Gasteiger charge is -2.37. The van der Waals surface area contributed by atoms with Crippen LogP contribution in [0.25, 0.3) is 16.6 Å². The number of fused-ring (bicyclic) bond motifs is 2. The minimum absolute atomic E-state index is 0.0154. The molecule has 3 aliphatic heterocycles. The Labute approximate surface area is 537 Å². The molecule has 4 amide bonds. The molecule has 5 heterocycles. The number of aromatic nitrogens is 1. The summed E-state index contributed by atoms with van der Waals surface area (Å²) in [5, 5.41) is 6.95. The number of benzene rings is 1. The van der Waals surface area contributed by atoms with Crippen LogP contribution in [0.5, 0.6) is 5.75 Å². The van der Waals surface area contributed by atoms with E-state index in [1.165, 1.54) is 20.3 Å². The van der Waals surface area contributed by atoms with Gasteiger partial charge in [0.05, 0.1) is 62.0 Å². The minimum atomic E-state index is -4.84. The van der Waals surface area contributed by atoms with E-state index in [0.717, 1.165) is 75.7 Å². The van der Waals surface area contributed by atoms with E-state index < -0.39 is 111 Å². The Morgan fingerprint density at radius 3 is 1.93 bits per heavy atom. The number of imide groups is 1. The van der Waals surface area contributed by atoms with E-state index in [1.54, 1.807) is 36.4 Å². The number of hydroxylamine groups is 2. The van der Waals surface area contributed by atoms with E-state index in [2.05, 4.69) is 52.9 Å². The van der Waals surface area contributed by atoms with Gasteiger partial charge in [-0.1, -0.05) is 37.5 Å². The number of allylic oxidation sites excluding steroid dienone is 2. The number of halogens is 2. The van der Waals surface area contributed by atoms with Crippen LogP contribution in [0, 0.1) is 0 Å². The summed E-state index contributed by atoms with van der Waals surface area (Å²) in [6.07, 6.45) is 11.4. The van der Waals surface area contributed by atoms with Crippen molar-refractivity contribution in [2.45, 2.75) is 140 Å². The van der Waals surface area contributed by atoms with Gasteiger partial charge in [-0.3, -0.25) is 37.9 Å². The third-order valence-electron chi connectivity index (χ3n) is 16.0. The van der Waals surface area contributed by atoms with Crippen molar-refractivity contribution < 1.29 is 91.2 Å². The predicted molar refractivity (Wildman–Crippen MR) is 343 cm³/mol. The number of carbonyl (C=O) groups is 7. The molecular formula is C62H91BF2N8O15S3+2. The lowest BCUT2D eigenvalue weighted by molar-refractivity contribution is -0.870. The summed E-state index contributed by atoms with van der Waals surface area (Å²) in [5.41, 5.74) is 4.36. The van der Waals surface area contributed by atoms with E-state index in [1.807, 2.05) is 41.6 Å². The van der Waals surface area contributed by atoms with Gasteiger partial charge in [0.2, 0.25) is 11.8 Å². The molecule has 0 aliphatic carbocycles. The summed E-state index contributed by atoms with van der Waals surface area (Å²) in [6, 6.07) is 8.75. The standard InChI is InChI=1S/C62H89BF2N8O15S3/c1-68(34-12-10-8-9-11-23-62(80)88-71-60(78)32-33-61(71)79)35-13-20-55(74)50(43-90(81,82)83)67-59(77)31-30-56(75)51(44-91(84,85)86)66-58(76)22-16-38-87-49-28-25-45(26-29-49)24-27-48-40-46(18-14-36-72(2,3)4)52-42-53-47(19-15-37-73(5,6)7)41-54(57-21-17-39-89-57)70(53)63(64,65)69(48)52/h17,21,24-29,39-41,50-52H,8-16,18-20,22-23,30-38,42-44H2,1-7H3,(H2-2,66,67,76,77,81,82,83,84,85,86)/p+2/b27-24+. The molecule has 0 radical (unpaired) electrons. The first-order valence-corrected chi connectivity index (χ1v) is 35.2. The summed E-state index contributed by atoms with van der Waals surface area (Å²) in [5.74, 6) is -7.05. The predicted octanol–water partition coefficient (Wildman–Crippen LogP) is 6.08. The summed E-state index contributed by atoms with van der Waals surface area (Å²) in [7, 11) is 4.97. The van der Waals surface area contributed by atoms with Crippen LogP contribution in [-0.2, 0) is 71.5 Å². The second-order valence-corrected chi connectivity index (χ2v) is 29.9. The molecule has 3 unspecified atom stereocenters. The molecule has 3 aromatic rings. The number of rotatable bonds is 40. The van der Waals surface area contributed by atoms with Crippen LogP contribution in [0.2, 0.25) is 0 Å². The minimum Gasteiger partial charge on any atom is -0.494 e. The summed E-state index contributed by atoms with van der Waals surface area (Å²) < 4.78 is 112. The molecule has 0 bridgehead atoms. The zero-order valence-electron chi connectivity index (χ0n) is 53.4. The first-order valence-electron chi connectivity index (χ1n) is 31.1. The SMILES string of the molecule is CN(CCCCCCCC(=O)ON1C(=O)CCC1=O)CCCC(=O)C(CS(=O)(=O)O)NC(=O)CCC(=O)C(CS(=O)(=O)O)NC(=O)CCCOc1ccc(/C=C/C2=[N+]3C(Cc4c(CCC[N+](C)(C)C)cc(-c5cccs5)n4[B-]3(F)F)C(CCC[N+](C)(C)C)=C2)cc1. The number of hydrogen-bond acceptors (Lipinski definition) is 15. The lowest BCUT2D eigenvalue weighted by atomic mass is 9.83. The number of unbranched alkanes of at least 4 members (excludes halogenated alkanes) is 4. The van der Waals surface area contributed by atoms with Gasteiger partial charge < -0.3 is 51.7 Å². The maximum absolute atomic E-state index is 17.6. The molecule has 6 rings (SSSR count). The highest BCUT2D eigenvalue weighted by atomic mass is 32.2. The van der Waals surface area contributed by atoms with Crippen LogP contribution in [0.1, 0.15) is 126 Å². The molecule has 4 N–H and O–H groups in total. The largest absolute Gasteiger partial charge is 0.732 e. The number of aryl methyl sites for hydroxylation is 1. The quantitative estimate of drug-likeness (QED) is 0.0165. The number of nitrogens with zero attached hydrogens (tertiary/aromatic N) is 6. The Hall–Kier alpha value is -6.34. The first kappa shape index (κ1) is 73.7. The molecule has 3 aliphatic rings. The average Bonchev–Trinajstić information content (AvgIpc) is 1.57. The van der Waals surface area contributed by atoms with Crippen molar-refractivity contribution in [2.75, 3.05) is 93.6 Å². The average molecular weight is 1330 g/mol. The number of carbonyl (C=O) groups excluding carboxylic acids is 7. The zero-order chi connectivity index (χ0) is 66.9. The van der Waals surface area contributed by atoms with Gasteiger partial charge in [0.1, 0.15) is 35.4 Å². The number of hydrogen-bond donors (Lipinski definition) is 4. The fraction of sp³-hybridized carbons (Fsp3) is 0.581. The fourth-order valence-corrected chi connectivity index (χ4v) is 13.6. The van der Waals surface area contributed by atoms with Crippen molar-refractivity contribution in [2.24, 2.45) is 0 Å². The molecule has 2 aromatic heterocycles. The topological polar surface area (TPSA) is 285 Å². The molecule has 23 nitrogen and oxygen atoms in total. The number of nitrogens with one attached hydrogen (secondary N) is 2. The molecule has 29 heteroatoms. The molecule has 0 spiro atoms. The smallest absolute Gasteiger partial charge is 0.494 e. The van der Waals surface area contributed by atoms with Crippen LogP contribution in [0.4, 0.5) is 8.63 Å². The van der Waals surface area contributed by atoms with Crippen LogP contribution in [-0.4, -0.2) is 219 Å². The third-order valence-corrected chi connectivity index (χ3v) is 18.4. The lowest BCUT2D eigenvalue weighted by Crippen LogP contribution is -2.57. The van der Waals surface area contributed by atoms with Crippen molar-refractivity contribution in [3.8, 4) is 16.3 Å². The summed E-state index contributed by atoms with van der Waals surface area (Å²) in [4.78, 5) is 95.3. The maximum atomic E-state index is 17.6. The second-order valence-electron chi connectivity index (χ2n) is 25.9. The molecular weight excluding hydrogens is 1240 g/mol. The Bertz CT molecular complexity index is 3380. The van der Waals surface area contributed by atoms with E-state index in [-0.39, 0.29) is 51.6 Å². The zero-order valence-corrected chi connectivity index (χ0v) is 55.9. The number of quaternary nitrogens is 2. The Kier molecular flexibility index (Phi) is 26.7. The third kappa shape index (κ3) is 23.9. The Morgan fingerprint density at radius 2 is 1.33 bits per heavy atom. The van der Waals surface area contributed by atoms with Crippen molar-refractivity contribution in [3.05, 3.63) is 82.4 Å². The molecule has 1 saturated heterocycles. The molecule has 0 saturated carbocycles. The molecule has 502 valence electrons. The second kappa shape index (κ2) is 33.0. The molecule has 1 aromatic carbocycles. The fourth-order valence-electron chi connectivity index (χ4n) is 11.4. The van der Waals surface area contributed by atoms with Gasteiger partial charge in [0.25, 0.3) is 32.1 Å². The van der Waals surface area contributed by atoms with Crippen molar-refractivity contribution >= 4 is 91.5 Å². The van der Waals surface area contributed by atoms with Crippen LogP contribution >= 0.6 is 11.3 Å². The number of amides is 4. The van der Waals surface area contributed by atoms with Gasteiger partial charge >= 0.3 is 12.9 Å². The van der Waals surface area contributed by atoms with Gasteiger partial charge in [0.15, 0.2) is 17.3 Å². The maximum Gasteiger partial charge on any atom is 0.732 e. The number of ether oxygens (including phenoxy) is 1. The van der Waals surface area contributed by atoms with Gasteiger partial charge in [-0.25, -0.2) is 4.79 Å². The van der Waals surface area contributed by atoms with Gasteiger partial charge in [-0.05, 0) is 117 Å². The van der Waals surface area contributed by atoms with Crippen molar-refractivity contribution in [3.63, 3.8) is 0 Å².